The first kappa shape index (κ1) is 12.0. The van der Waals surface area contributed by atoms with Gasteiger partial charge in [0.2, 0.25) is 0 Å². The van der Waals surface area contributed by atoms with Crippen molar-refractivity contribution in [2.75, 3.05) is 27.2 Å². The molecule has 0 atom stereocenters. The molecule has 0 bridgehead atoms. The Balaban J connectivity index is 3.27. The molecule has 0 aliphatic carbocycles. The van der Waals surface area contributed by atoms with Crippen molar-refractivity contribution in [2.24, 2.45) is 0 Å². The van der Waals surface area contributed by atoms with E-state index in [1.807, 2.05) is 21.0 Å². The highest BCUT2D eigenvalue weighted by Gasteiger charge is 1.95. The molecular formula is C9H19N3O. The van der Waals surface area contributed by atoms with Gasteiger partial charge in [-0.2, -0.15) is 0 Å². The van der Waals surface area contributed by atoms with Crippen LogP contribution in [0.2, 0.25) is 0 Å². The summed E-state index contributed by atoms with van der Waals surface area (Å²) in [4.78, 5) is 13.0. The zero-order chi connectivity index (χ0) is 10.1. The average molecular weight is 185 g/mol. The standard InChI is InChI=1S/C9H19N3O/c1-4-6-10-9(13)11-7-5-8-12(2)3/h4,6H,5,7-8H2,1-3H3,(H2,10,11,13)/b6-4+. The molecule has 0 saturated heterocycles. The van der Waals surface area contributed by atoms with Gasteiger partial charge in [0.05, 0.1) is 0 Å². The maximum atomic E-state index is 11.0. The van der Waals surface area contributed by atoms with Gasteiger partial charge in [0.15, 0.2) is 0 Å². The third-order valence-electron chi connectivity index (χ3n) is 1.45. The topological polar surface area (TPSA) is 44.4 Å². The Labute approximate surface area is 80.0 Å². The van der Waals surface area contributed by atoms with E-state index in [-0.39, 0.29) is 6.03 Å². The number of hydrogen-bond acceptors (Lipinski definition) is 2. The van der Waals surface area contributed by atoms with Crippen LogP contribution in [0.4, 0.5) is 4.79 Å². The van der Waals surface area contributed by atoms with Gasteiger partial charge in [-0.25, -0.2) is 4.79 Å². The lowest BCUT2D eigenvalue weighted by molar-refractivity contribution is 0.243. The number of nitrogens with zero attached hydrogens (tertiary/aromatic N) is 1. The molecule has 0 rings (SSSR count). The first-order chi connectivity index (χ1) is 6.16. The molecule has 0 spiro atoms. The van der Waals surface area contributed by atoms with E-state index in [4.69, 9.17) is 0 Å². The normalized spacial score (nSPS) is 10.8. The number of nitrogens with one attached hydrogen (secondary N) is 2. The molecule has 0 aromatic carbocycles. The van der Waals surface area contributed by atoms with Gasteiger partial charge in [-0.05, 0) is 34.0 Å². The highest BCUT2D eigenvalue weighted by molar-refractivity contribution is 5.74. The number of hydrogen-bond donors (Lipinski definition) is 2. The SMILES string of the molecule is C/C=C/NC(=O)NCCCN(C)C. The first-order valence-electron chi connectivity index (χ1n) is 4.47. The predicted octanol–water partition coefficient (Wildman–Crippen LogP) is 0.771. The summed E-state index contributed by atoms with van der Waals surface area (Å²) < 4.78 is 0. The number of allylic oxidation sites excluding steroid dienone is 1. The van der Waals surface area contributed by atoms with E-state index < -0.39 is 0 Å². The van der Waals surface area contributed by atoms with Gasteiger partial charge in [-0.1, -0.05) is 6.08 Å². The van der Waals surface area contributed by atoms with E-state index in [1.165, 1.54) is 0 Å². The zero-order valence-electron chi connectivity index (χ0n) is 8.63. The summed E-state index contributed by atoms with van der Waals surface area (Å²) in [7, 11) is 4.03. The van der Waals surface area contributed by atoms with Gasteiger partial charge in [-0.15, -0.1) is 0 Å². The molecule has 0 aliphatic heterocycles. The summed E-state index contributed by atoms with van der Waals surface area (Å²) in [6.07, 6.45) is 4.36. The maximum Gasteiger partial charge on any atom is 0.318 e. The summed E-state index contributed by atoms with van der Waals surface area (Å²) in [5, 5.41) is 5.32. The fourth-order valence-corrected chi connectivity index (χ4v) is 0.807. The fourth-order valence-electron chi connectivity index (χ4n) is 0.807. The highest BCUT2D eigenvalue weighted by atomic mass is 16.2. The Morgan fingerprint density at radius 1 is 1.46 bits per heavy atom. The first-order valence-corrected chi connectivity index (χ1v) is 4.47. The number of amides is 2. The van der Waals surface area contributed by atoms with Gasteiger partial charge < -0.3 is 15.5 Å². The van der Waals surface area contributed by atoms with Crippen molar-refractivity contribution in [3.05, 3.63) is 12.3 Å². The van der Waals surface area contributed by atoms with Crippen molar-refractivity contribution < 1.29 is 4.79 Å². The molecule has 0 aliphatic rings. The minimum atomic E-state index is -0.142. The van der Waals surface area contributed by atoms with Crippen LogP contribution in [-0.4, -0.2) is 38.1 Å². The van der Waals surface area contributed by atoms with Crippen molar-refractivity contribution in [3.8, 4) is 0 Å². The van der Waals surface area contributed by atoms with Crippen LogP contribution in [0.15, 0.2) is 12.3 Å². The molecule has 0 radical (unpaired) electrons. The van der Waals surface area contributed by atoms with Crippen molar-refractivity contribution >= 4 is 6.03 Å². The summed E-state index contributed by atoms with van der Waals surface area (Å²) in [5.41, 5.74) is 0. The number of carbonyl (C=O) groups is 1. The predicted molar refractivity (Wildman–Crippen MR) is 54.5 cm³/mol. The molecular weight excluding hydrogens is 166 g/mol. The fraction of sp³-hybridized carbons (Fsp3) is 0.667. The van der Waals surface area contributed by atoms with Crippen LogP contribution in [-0.2, 0) is 0 Å². The molecule has 0 saturated carbocycles. The Morgan fingerprint density at radius 2 is 2.15 bits per heavy atom. The van der Waals surface area contributed by atoms with E-state index in [0.29, 0.717) is 6.54 Å². The van der Waals surface area contributed by atoms with Crippen molar-refractivity contribution in [1.82, 2.24) is 15.5 Å². The Hall–Kier alpha value is -1.03. The minimum Gasteiger partial charge on any atom is -0.338 e. The molecule has 0 fully saturated rings. The Kier molecular flexibility index (Phi) is 7.01. The highest BCUT2D eigenvalue weighted by Crippen LogP contribution is 1.80. The second kappa shape index (κ2) is 7.61. The zero-order valence-corrected chi connectivity index (χ0v) is 8.63. The number of urea groups is 1. The third-order valence-corrected chi connectivity index (χ3v) is 1.45. The lowest BCUT2D eigenvalue weighted by atomic mass is 10.4. The summed E-state index contributed by atoms with van der Waals surface area (Å²) in [5.74, 6) is 0. The number of carbonyl (C=O) groups excluding carboxylic acids is 1. The van der Waals surface area contributed by atoms with Gasteiger partial charge in [0.1, 0.15) is 0 Å². The summed E-state index contributed by atoms with van der Waals surface area (Å²) in [6.45, 7) is 3.55. The van der Waals surface area contributed by atoms with Gasteiger partial charge in [-0.3, -0.25) is 0 Å². The largest absolute Gasteiger partial charge is 0.338 e. The van der Waals surface area contributed by atoms with Crippen LogP contribution in [0, 0.1) is 0 Å². The van der Waals surface area contributed by atoms with E-state index in [2.05, 4.69) is 15.5 Å². The van der Waals surface area contributed by atoms with Crippen LogP contribution < -0.4 is 10.6 Å². The quantitative estimate of drug-likeness (QED) is 0.621. The van der Waals surface area contributed by atoms with Crippen LogP contribution in [0.1, 0.15) is 13.3 Å². The molecule has 13 heavy (non-hydrogen) atoms. The molecule has 4 heteroatoms. The van der Waals surface area contributed by atoms with Crippen molar-refractivity contribution in [2.45, 2.75) is 13.3 Å². The molecule has 0 aromatic heterocycles. The summed E-state index contributed by atoms with van der Waals surface area (Å²) >= 11 is 0. The van der Waals surface area contributed by atoms with Crippen LogP contribution in [0.3, 0.4) is 0 Å². The molecule has 4 nitrogen and oxygen atoms in total. The van der Waals surface area contributed by atoms with Gasteiger partial charge >= 0.3 is 6.03 Å². The smallest absolute Gasteiger partial charge is 0.318 e. The van der Waals surface area contributed by atoms with E-state index >= 15 is 0 Å². The lowest BCUT2D eigenvalue weighted by Gasteiger charge is -2.09. The maximum absolute atomic E-state index is 11.0. The average Bonchev–Trinajstić information content (AvgIpc) is 2.08. The van der Waals surface area contributed by atoms with Crippen molar-refractivity contribution in [1.29, 1.82) is 0 Å². The molecule has 0 unspecified atom stereocenters. The molecule has 76 valence electrons. The Morgan fingerprint density at radius 3 is 2.69 bits per heavy atom. The second-order valence-electron chi connectivity index (χ2n) is 3.06. The van der Waals surface area contributed by atoms with Crippen LogP contribution in [0.5, 0.6) is 0 Å². The number of rotatable bonds is 5. The Bertz CT molecular complexity index is 166. The van der Waals surface area contributed by atoms with E-state index in [1.54, 1.807) is 12.3 Å². The third kappa shape index (κ3) is 8.88. The van der Waals surface area contributed by atoms with E-state index in [9.17, 15) is 4.79 Å². The van der Waals surface area contributed by atoms with E-state index in [0.717, 1.165) is 13.0 Å². The lowest BCUT2D eigenvalue weighted by Crippen LogP contribution is -2.33. The molecule has 2 amide bonds. The monoisotopic (exact) mass is 185 g/mol. The molecule has 2 N–H and O–H groups in total. The minimum absolute atomic E-state index is 0.142. The molecule has 0 heterocycles. The summed E-state index contributed by atoms with van der Waals surface area (Å²) in [6, 6.07) is -0.142. The van der Waals surface area contributed by atoms with Crippen LogP contribution >= 0.6 is 0 Å². The van der Waals surface area contributed by atoms with Crippen LogP contribution in [0.25, 0.3) is 0 Å². The van der Waals surface area contributed by atoms with Gasteiger partial charge in [0, 0.05) is 12.7 Å². The van der Waals surface area contributed by atoms with Crippen molar-refractivity contribution in [3.63, 3.8) is 0 Å². The van der Waals surface area contributed by atoms with Gasteiger partial charge in [0.25, 0.3) is 0 Å². The second-order valence-corrected chi connectivity index (χ2v) is 3.06. The molecule has 0 aromatic rings.